The summed E-state index contributed by atoms with van der Waals surface area (Å²) < 4.78 is 8.39. The molecule has 1 saturated heterocycles. The number of H-pyrrole nitrogens is 1. The number of carbonyl (C=O) groups is 2. The van der Waals surface area contributed by atoms with E-state index >= 15 is 0 Å². The molecule has 1 fully saturated rings. The van der Waals surface area contributed by atoms with E-state index in [4.69, 9.17) is 4.74 Å². The van der Waals surface area contributed by atoms with Gasteiger partial charge < -0.3 is 29.4 Å². The van der Waals surface area contributed by atoms with Crippen molar-refractivity contribution in [1.82, 2.24) is 49.8 Å². The van der Waals surface area contributed by atoms with Crippen molar-refractivity contribution in [2.75, 3.05) is 64.4 Å². The summed E-state index contributed by atoms with van der Waals surface area (Å²) in [5.41, 5.74) is 8.03. The number of rotatable bonds is 16. The first-order chi connectivity index (χ1) is 27.7. The van der Waals surface area contributed by atoms with Crippen molar-refractivity contribution in [1.29, 1.82) is 0 Å². The number of aromatic amines is 1. The lowest BCUT2D eigenvalue weighted by molar-refractivity contribution is 0.0693. The standard InChI is InChI=1S/C40H45N11O4S2/c1-4-29-21-34-35(45-36(29)52)20-28(22-43-34)24-49-12-14-50(15-13-49)32-7-8-33(44-23-32)37(53)42-10-17-55-18-16-48(3)39(54)38-46-47-40(57-38)56-25-30-5-6-31(19-27(30)2)51-11-9-41-26-51/h5-9,11,19-23,26H,4,10,12-18,24-25H2,1-3H3,(H,42,53)(H,45,52). The van der Waals surface area contributed by atoms with Crippen LogP contribution in [0.15, 0.2) is 82.7 Å². The summed E-state index contributed by atoms with van der Waals surface area (Å²) in [5.74, 6) is 0.236. The second-order valence-electron chi connectivity index (χ2n) is 13.8. The number of hydrogen-bond acceptors (Lipinski definition) is 13. The minimum absolute atomic E-state index is 0.0544. The number of aryl methyl sites for hydroxylation is 2. The maximum Gasteiger partial charge on any atom is 0.284 e. The molecule has 1 aliphatic heterocycles. The molecule has 6 heterocycles. The molecule has 2 amide bonds. The fraction of sp³-hybridized carbons (Fsp3) is 0.350. The van der Waals surface area contributed by atoms with E-state index in [9.17, 15) is 14.4 Å². The number of carbonyl (C=O) groups excluding carboxylic acids is 2. The van der Waals surface area contributed by atoms with Crippen LogP contribution < -0.4 is 15.8 Å². The van der Waals surface area contributed by atoms with Crippen molar-refractivity contribution in [2.45, 2.75) is 36.9 Å². The predicted molar refractivity (Wildman–Crippen MR) is 221 cm³/mol. The highest BCUT2D eigenvalue weighted by Crippen LogP contribution is 2.28. The van der Waals surface area contributed by atoms with Crippen molar-refractivity contribution in [3.05, 3.63) is 117 Å². The molecule has 0 spiro atoms. The van der Waals surface area contributed by atoms with Crippen LogP contribution in [0.5, 0.6) is 0 Å². The molecule has 17 heteroatoms. The van der Waals surface area contributed by atoms with Gasteiger partial charge in [-0.1, -0.05) is 36.1 Å². The van der Waals surface area contributed by atoms with E-state index in [2.05, 4.69) is 70.4 Å². The number of nitrogens with zero attached hydrogens (tertiary/aromatic N) is 9. The van der Waals surface area contributed by atoms with E-state index in [1.807, 2.05) is 42.1 Å². The minimum Gasteiger partial charge on any atom is -0.378 e. The van der Waals surface area contributed by atoms with E-state index in [1.54, 1.807) is 48.5 Å². The fourth-order valence-electron chi connectivity index (χ4n) is 6.45. The Balaban J connectivity index is 0.773. The first kappa shape index (κ1) is 39.7. The molecule has 6 aromatic rings. The van der Waals surface area contributed by atoms with Crippen molar-refractivity contribution >= 4 is 51.6 Å². The Morgan fingerprint density at radius 3 is 2.60 bits per heavy atom. The van der Waals surface area contributed by atoms with Crippen molar-refractivity contribution in [3.8, 4) is 5.69 Å². The third-order valence-electron chi connectivity index (χ3n) is 9.85. The average molecular weight is 808 g/mol. The second-order valence-corrected chi connectivity index (χ2v) is 16.0. The zero-order valence-corrected chi connectivity index (χ0v) is 33.8. The topological polar surface area (TPSA) is 167 Å². The number of hydrogen-bond donors (Lipinski definition) is 2. The molecular formula is C40H45N11O4S2. The van der Waals surface area contributed by atoms with Crippen LogP contribution in [-0.2, 0) is 23.5 Å². The lowest BCUT2D eigenvalue weighted by Gasteiger charge is -2.36. The van der Waals surface area contributed by atoms with Gasteiger partial charge in [0.15, 0.2) is 4.34 Å². The molecule has 0 radical (unpaired) electrons. The maximum absolute atomic E-state index is 13.0. The Hall–Kier alpha value is -5.49. The van der Waals surface area contributed by atoms with E-state index in [-0.39, 0.29) is 17.4 Å². The van der Waals surface area contributed by atoms with Crippen LogP contribution in [0.1, 0.15) is 49.5 Å². The van der Waals surface area contributed by atoms with Gasteiger partial charge in [0, 0.05) is 88.5 Å². The molecule has 1 aromatic carbocycles. The second kappa shape index (κ2) is 18.6. The highest BCUT2D eigenvalue weighted by atomic mass is 32.2. The van der Waals surface area contributed by atoms with Gasteiger partial charge in [-0.2, -0.15) is 0 Å². The quantitative estimate of drug-likeness (QED) is 0.105. The third-order valence-corrected chi connectivity index (χ3v) is 11.9. The van der Waals surface area contributed by atoms with E-state index < -0.39 is 0 Å². The molecule has 57 heavy (non-hydrogen) atoms. The molecule has 0 atom stereocenters. The van der Waals surface area contributed by atoms with Gasteiger partial charge in [-0.05, 0) is 66.4 Å². The first-order valence-electron chi connectivity index (χ1n) is 18.8. The molecule has 2 N–H and O–H groups in total. The minimum atomic E-state index is -0.273. The number of likely N-dealkylation sites (N-methyl/N-ethyl adjacent to an activating group) is 1. The van der Waals surface area contributed by atoms with Gasteiger partial charge >= 0.3 is 0 Å². The summed E-state index contributed by atoms with van der Waals surface area (Å²) >= 11 is 2.84. The Kier molecular flexibility index (Phi) is 13.0. The predicted octanol–water partition coefficient (Wildman–Crippen LogP) is 4.36. The van der Waals surface area contributed by atoms with Crippen molar-refractivity contribution < 1.29 is 14.3 Å². The fourth-order valence-corrected chi connectivity index (χ4v) is 8.37. The van der Waals surface area contributed by atoms with E-state index in [1.165, 1.54) is 22.5 Å². The molecule has 0 bridgehead atoms. The number of thioether (sulfide) groups is 1. The Morgan fingerprint density at radius 1 is 1.00 bits per heavy atom. The van der Waals surface area contributed by atoms with Gasteiger partial charge in [0.2, 0.25) is 5.01 Å². The Labute approximate surface area is 338 Å². The van der Waals surface area contributed by atoms with Gasteiger partial charge in [-0.3, -0.25) is 24.3 Å². The Morgan fingerprint density at radius 2 is 1.84 bits per heavy atom. The zero-order valence-electron chi connectivity index (χ0n) is 32.2. The number of piperazine rings is 1. The molecular weight excluding hydrogens is 763 g/mol. The maximum atomic E-state index is 13.0. The van der Waals surface area contributed by atoms with Crippen molar-refractivity contribution in [3.63, 3.8) is 0 Å². The van der Waals surface area contributed by atoms with E-state index in [0.717, 1.165) is 76.4 Å². The summed E-state index contributed by atoms with van der Waals surface area (Å²) in [4.78, 5) is 60.2. The third kappa shape index (κ3) is 10.1. The molecule has 0 aliphatic carbocycles. The number of fused-ring (bicyclic) bond motifs is 1. The van der Waals surface area contributed by atoms with Crippen LogP contribution in [0.2, 0.25) is 0 Å². The van der Waals surface area contributed by atoms with Gasteiger partial charge in [0.05, 0.1) is 42.5 Å². The summed E-state index contributed by atoms with van der Waals surface area (Å²) in [7, 11) is 1.71. The zero-order chi connectivity index (χ0) is 39.7. The normalized spacial score (nSPS) is 13.3. The molecule has 0 saturated carbocycles. The number of pyridine rings is 3. The largest absolute Gasteiger partial charge is 0.378 e. The van der Waals surface area contributed by atoms with Crippen LogP contribution in [0, 0.1) is 6.92 Å². The summed E-state index contributed by atoms with van der Waals surface area (Å²) in [6.45, 7) is 9.47. The van der Waals surface area contributed by atoms with Gasteiger partial charge in [-0.15, -0.1) is 10.2 Å². The number of nitrogens with one attached hydrogen (secondary N) is 2. The SMILES string of the molecule is CCc1cc2ncc(CN3CCN(c4ccc(C(=O)NCCOCCN(C)C(=O)c5nnc(SCc6ccc(-n7ccnc7)cc6C)s5)nc4)CC3)cc2[nH]c1=O. The van der Waals surface area contributed by atoms with Crippen LogP contribution in [0.3, 0.4) is 0 Å². The molecule has 0 unspecified atom stereocenters. The molecule has 296 valence electrons. The van der Waals surface area contributed by atoms with Crippen LogP contribution in [-0.4, -0.2) is 116 Å². The Bertz CT molecular complexity index is 2360. The first-order valence-corrected chi connectivity index (χ1v) is 20.6. The molecule has 7 rings (SSSR count). The number of amides is 2. The van der Waals surface area contributed by atoms with E-state index in [0.29, 0.717) is 43.4 Å². The monoisotopic (exact) mass is 807 g/mol. The summed E-state index contributed by atoms with van der Waals surface area (Å²) in [6, 6.07) is 13.8. The van der Waals surface area contributed by atoms with Crippen molar-refractivity contribution in [2.24, 2.45) is 0 Å². The average Bonchev–Trinajstić information content (AvgIpc) is 3.95. The highest BCUT2D eigenvalue weighted by Gasteiger charge is 2.20. The number of ether oxygens (including phenoxy) is 1. The van der Waals surface area contributed by atoms with Crippen LogP contribution in [0.25, 0.3) is 16.7 Å². The summed E-state index contributed by atoms with van der Waals surface area (Å²) in [6.07, 6.45) is 9.75. The van der Waals surface area contributed by atoms with Gasteiger partial charge in [0.1, 0.15) is 5.69 Å². The number of benzene rings is 1. The number of aromatic nitrogens is 7. The molecule has 5 aromatic heterocycles. The smallest absolute Gasteiger partial charge is 0.284 e. The highest BCUT2D eigenvalue weighted by molar-refractivity contribution is 8.00. The van der Waals surface area contributed by atoms with Gasteiger partial charge in [0.25, 0.3) is 17.4 Å². The van der Waals surface area contributed by atoms with Crippen LogP contribution in [0.4, 0.5) is 5.69 Å². The van der Waals surface area contributed by atoms with Gasteiger partial charge in [-0.25, -0.2) is 9.97 Å². The number of anilines is 1. The number of imidazole rings is 1. The van der Waals surface area contributed by atoms with Crippen LogP contribution >= 0.6 is 23.1 Å². The lowest BCUT2D eigenvalue weighted by atomic mass is 10.1. The lowest BCUT2D eigenvalue weighted by Crippen LogP contribution is -2.46. The summed E-state index contributed by atoms with van der Waals surface area (Å²) in [5, 5.41) is 11.5. The molecule has 1 aliphatic rings. The molecule has 15 nitrogen and oxygen atoms in total.